The Kier molecular flexibility index (Phi) is 5.06. The molecule has 10 heteroatoms. The molecule has 0 unspecified atom stereocenters. The zero-order valence-corrected chi connectivity index (χ0v) is 16.8. The Morgan fingerprint density at radius 1 is 0.867 bits per heavy atom. The van der Waals surface area contributed by atoms with E-state index in [0.29, 0.717) is 27.3 Å². The predicted octanol–water partition coefficient (Wildman–Crippen LogP) is 3.56. The van der Waals surface area contributed by atoms with Gasteiger partial charge in [-0.15, -0.1) is 0 Å². The van der Waals surface area contributed by atoms with Crippen molar-refractivity contribution in [3.8, 4) is 0 Å². The summed E-state index contributed by atoms with van der Waals surface area (Å²) in [5, 5.41) is 3.22. The summed E-state index contributed by atoms with van der Waals surface area (Å²) in [7, 11) is -3.88. The number of rotatable bonds is 5. The highest BCUT2D eigenvalue weighted by Crippen LogP contribution is 2.20. The average Bonchev–Trinajstić information content (AvgIpc) is 3.07. The van der Waals surface area contributed by atoms with Crippen LogP contribution in [-0.4, -0.2) is 24.3 Å². The second-order valence-corrected chi connectivity index (χ2v) is 8.55. The molecule has 1 aromatic heterocycles. The number of amides is 1. The molecule has 0 aliphatic rings. The van der Waals surface area contributed by atoms with Crippen molar-refractivity contribution in [1.29, 1.82) is 0 Å². The fraction of sp³-hybridized carbons (Fsp3) is 0. The van der Waals surface area contributed by atoms with E-state index in [9.17, 15) is 18.0 Å². The average molecular weight is 443 g/mol. The smallest absolute Gasteiger partial charge is 0.322 e. The van der Waals surface area contributed by atoms with Crippen LogP contribution < -0.4 is 15.7 Å². The first-order chi connectivity index (χ1) is 14.3. The molecule has 0 saturated carbocycles. The molecule has 4 rings (SSSR count). The predicted molar refractivity (Wildman–Crippen MR) is 116 cm³/mol. The fourth-order valence-electron chi connectivity index (χ4n) is 2.85. The van der Waals surface area contributed by atoms with Crippen molar-refractivity contribution in [3.05, 3.63) is 87.8 Å². The summed E-state index contributed by atoms with van der Waals surface area (Å²) in [5.74, 6) is -0.353. The van der Waals surface area contributed by atoms with E-state index in [4.69, 9.17) is 11.6 Å². The van der Waals surface area contributed by atoms with Crippen molar-refractivity contribution < 1.29 is 13.2 Å². The van der Waals surface area contributed by atoms with Gasteiger partial charge in [0.05, 0.1) is 15.9 Å². The lowest BCUT2D eigenvalue weighted by molar-refractivity contribution is 0.102. The highest BCUT2D eigenvalue weighted by atomic mass is 35.5. The van der Waals surface area contributed by atoms with E-state index in [1.165, 1.54) is 42.5 Å². The minimum Gasteiger partial charge on any atom is -0.322 e. The van der Waals surface area contributed by atoms with Gasteiger partial charge >= 0.3 is 5.69 Å². The Morgan fingerprint density at radius 2 is 1.60 bits per heavy atom. The van der Waals surface area contributed by atoms with Crippen LogP contribution in [0.3, 0.4) is 0 Å². The molecule has 30 heavy (non-hydrogen) atoms. The molecule has 0 aliphatic carbocycles. The number of halogens is 1. The summed E-state index contributed by atoms with van der Waals surface area (Å²) in [4.78, 5) is 28.8. The molecule has 1 amide bonds. The molecule has 0 aliphatic heterocycles. The molecule has 1 heterocycles. The summed E-state index contributed by atoms with van der Waals surface area (Å²) in [6, 6.07) is 17.0. The van der Waals surface area contributed by atoms with Crippen molar-refractivity contribution in [3.63, 3.8) is 0 Å². The standard InChI is InChI=1S/C20H15ClN4O4S/c21-13-2-1-3-15(10-13)22-19(26)12-4-6-14(7-5-12)25-30(28,29)16-8-9-17-18(11-16)24-20(27)23-17/h1-11,25H,(H,22,26)(H2,23,24,27). The second kappa shape index (κ2) is 7.69. The Morgan fingerprint density at radius 3 is 2.33 bits per heavy atom. The number of nitrogens with one attached hydrogen (secondary N) is 4. The number of aromatic nitrogens is 2. The van der Waals surface area contributed by atoms with Crippen LogP contribution in [0.4, 0.5) is 11.4 Å². The van der Waals surface area contributed by atoms with Crippen LogP contribution in [0.2, 0.25) is 5.02 Å². The molecule has 0 radical (unpaired) electrons. The van der Waals surface area contributed by atoms with Gasteiger partial charge in [-0.1, -0.05) is 17.7 Å². The van der Waals surface area contributed by atoms with Gasteiger partial charge in [0, 0.05) is 22.0 Å². The third kappa shape index (κ3) is 4.22. The summed E-state index contributed by atoms with van der Waals surface area (Å²) >= 11 is 5.90. The molecular weight excluding hydrogens is 428 g/mol. The molecule has 4 aromatic rings. The van der Waals surface area contributed by atoms with Gasteiger partial charge in [-0.2, -0.15) is 0 Å². The fourth-order valence-corrected chi connectivity index (χ4v) is 4.13. The number of fused-ring (bicyclic) bond motifs is 1. The summed E-state index contributed by atoms with van der Waals surface area (Å²) in [5.41, 5.74) is 1.67. The lowest BCUT2D eigenvalue weighted by Gasteiger charge is -2.09. The van der Waals surface area contributed by atoms with Crippen LogP contribution >= 0.6 is 11.6 Å². The summed E-state index contributed by atoms with van der Waals surface area (Å²) in [6.07, 6.45) is 0. The van der Waals surface area contributed by atoms with Gasteiger partial charge in [0.1, 0.15) is 0 Å². The van der Waals surface area contributed by atoms with E-state index >= 15 is 0 Å². The monoisotopic (exact) mass is 442 g/mol. The van der Waals surface area contributed by atoms with Crippen molar-refractivity contribution >= 4 is 49.9 Å². The molecule has 0 saturated heterocycles. The van der Waals surface area contributed by atoms with Gasteiger partial charge in [-0.25, -0.2) is 13.2 Å². The van der Waals surface area contributed by atoms with Crippen LogP contribution in [0.1, 0.15) is 10.4 Å². The zero-order valence-electron chi connectivity index (χ0n) is 15.3. The molecule has 0 fully saturated rings. The number of imidazole rings is 1. The van der Waals surface area contributed by atoms with Crippen LogP contribution in [0.5, 0.6) is 0 Å². The van der Waals surface area contributed by atoms with E-state index in [1.54, 1.807) is 24.3 Å². The van der Waals surface area contributed by atoms with E-state index in [0.717, 1.165) is 0 Å². The van der Waals surface area contributed by atoms with Crippen LogP contribution in [0, 0.1) is 0 Å². The molecule has 0 spiro atoms. The maximum absolute atomic E-state index is 12.6. The number of hydrogen-bond donors (Lipinski definition) is 4. The van der Waals surface area contributed by atoms with E-state index in [1.807, 2.05) is 0 Å². The maximum atomic E-state index is 12.6. The van der Waals surface area contributed by atoms with Gasteiger partial charge < -0.3 is 15.3 Å². The minimum atomic E-state index is -3.88. The lowest BCUT2D eigenvalue weighted by Crippen LogP contribution is -2.14. The maximum Gasteiger partial charge on any atom is 0.323 e. The number of benzene rings is 3. The highest BCUT2D eigenvalue weighted by Gasteiger charge is 2.16. The normalized spacial score (nSPS) is 11.4. The van der Waals surface area contributed by atoms with Crippen LogP contribution in [0.25, 0.3) is 11.0 Å². The summed E-state index contributed by atoms with van der Waals surface area (Å²) in [6.45, 7) is 0. The Bertz CT molecular complexity index is 1410. The number of carbonyl (C=O) groups excluding carboxylic acids is 1. The Labute approximate surface area is 176 Å². The number of aromatic amines is 2. The first-order valence-corrected chi connectivity index (χ1v) is 10.6. The number of anilines is 2. The molecule has 3 aromatic carbocycles. The molecular formula is C20H15ClN4O4S. The van der Waals surface area contributed by atoms with Crippen molar-refractivity contribution in [2.45, 2.75) is 4.90 Å². The third-order valence-electron chi connectivity index (χ3n) is 4.28. The van der Waals surface area contributed by atoms with Crippen LogP contribution in [-0.2, 0) is 10.0 Å². The van der Waals surface area contributed by atoms with Crippen molar-refractivity contribution in [1.82, 2.24) is 9.97 Å². The van der Waals surface area contributed by atoms with Crippen molar-refractivity contribution in [2.75, 3.05) is 10.0 Å². The van der Waals surface area contributed by atoms with Gasteiger partial charge in [0.2, 0.25) is 0 Å². The number of H-pyrrole nitrogens is 2. The lowest BCUT2D eigenvalue weighted by atomic mass is 10.2. The minimum absolute atomic E-state index is 0.00646. The molecule has 0 bridgehead atoms. The molecule has 8 nitrogen and oxygen atoms in total. The van der Waals surface area contributed by atoms with Crippen LogP contribution in [0.15, 0.2) is 76.4 Å². The van der Waals surface area contributed by atoms with E-state index in [-0.39, 0.29) is 16.5 Å². The van der Waals surface area contributed by atoms with Crippen molar-refractivity contribution in [2.24, 2.45) is 0 Å². The second-order valence-electron chi connectivity index (χ2n) is 6.43. The van der Waals surface area contributed by atoms with Gasteiger partial charge in [0.25, 0.3) is 15.9 Å². The zero-order chi connectivity index (χ0) is 21.3. The number of carbonyl (C=O) groups is 1. The molecule has 152 valence electrons. The Balaban J connectivity index is 1.50. The quantitative estimate of drug-likeness (QED) is 0.377. The van der Waals surface area contributed by atoms with Gasteiger partial charge in [-0.3, -0.25) is 9.52 Å². The molecule has 4 N–H and O–H groups in total. The topological polar surface area (TPSA) is 124 Å². The number of hydrogen-bond acceptors (Lipinski definition) is 4. The summed E-state index contributed by atoms with van der Waals surface area (Å²) < 4.78 is 27.7. The highest BCUT2D eigenvalue weighted by molar-refractivity contribution is 7.92. The largest absolute Gasteiger partial charge is 0.323 e. The third-order valence-corrected chi connectivity index (χ3v) is 5.89. The van der Waals surface area contributed by atoms with Gasteiger partial charge in [-0.05, 0) is 60.7 Å². The van der Waals surface area contributed by atoms with Gasteiger partial charge in [0.15, 0.2) is 0 Å². The van der Waals surface area contributed by atoms with E-state index in [2.05, 4.69) is 20.0 Å². The Hall–Kier alpha value is -3.56. The number of sulfonamides is 1. The SMILES string of the molecule is O=C(Nc1cccc(Cl)c1)c1ccc(NS(=O)(=O)c2ccc3[nH]c(=O)[nH]c3c2)cc1. The first-order valence-electron chi connectivity index (χ1n) is 8.72. The van der Waals surface area contributed by atoms with E-state index < -0.39 is 15.7 Å². The molecule has 0 atom stereocenters. The first kappa shape index (κ1) is 19.7.